The molecule has 1 atom stereocenters. The molecule has 0 aromatic heterocycles. The van der Waals surface area contributed by atoms with Crippen LogP contribution in [0.25, 0.3) is 0 Å². The van der Waals surface area contributed by atoms with Gasteiger partial charge in [0, 0.05) is 13.1 Å². The Balaban J connectivity index is 3.59. The highest BCUT2D eigenvalue weighted by Gasteiger charge is 2.15. The normalized spacial score (nSPS) is 11.9. The van der Waals surface area contributed by atoms with Crippen LogP contribution in [0, 0.1) is 5.92 Å². The summed E-state index contributed by atoms with van der Waals surface area (Å²) in [7, 11) is 0. The highest BCUT2D eigenvalue weighted by atomic mass is 16.4. The second-order valence-electron chi connectivity index (χ2n) is 3.79. The zero-order chi connectivity index (χ0) is 12.4. The van der Waals surface area contributed by atoms with Crippen LogP contribution in [-0.2, 0) is 4.79 Å². The third-order valence-electron chi connectivity index (χ3n) is 2.42. The largest absolute Gasteiger partial charge is 0.481 e. The number of nitrogens with one attached hydrogen (secondary N) is 2. The number of hydrogen-bond donors (Lipinski definition) is 3. The molecule has 5 heteroatoms. The SMILES string of the molecule is CCCCCNC(=O)NCC(CC)C(=O)O. The summed E-state index contributed by atoms with van der Waals surface area (Å²) < 4.78 is 0. The summed E-state index contributed by atoms with van der Waals surface area (Å²) in [4.78, 5) is 21.9. The van der Waals surface area contributed by atoms with E-state index in [1.807, 2.05) is 0 Å². The minimum atomic E-state index is -0.867. The molecule has 0 aromatic carbocycles. The Morgan fingerprint density at radius 3 is 2.38 bits per heavy atom. The Labute approximate surface area is 96.6 Å². The molecule has 0 fully saturated rings. The van der Waals surface area contributed by atoms with Crippen molar-refractivity contribution in [1.29, 1.82) is 0 Å². The quantitative estimate of drug-likeness (QED) is 0.554. The zero-order valence-corrected chi connectivity index (χ0v) is 10.1. The van der Waals surface area contributed by atoms with Crippen LogP contribution in [0.15, 0.2) is 0 Å². The van der Waals surface area contributed by atoms with Gasteiger partial charge in [-0.1, -0.05) is 26.7 Å². The summed E-state index contributed by atoms with van der Waals surface area (Å²) >= 11 is 0. The molecule has 0 rings (SSSR count). The van der Waals surface area contributed by atoms with E-state index >= 15 is 0 Å². The molecule has 1 unspecified atom stereocenters. The number of rotatable bonds is 8. The van der Waals surface area contributed by atoms with Gasteiger partial charge in [0.25, 0.3) is 0 Å². The second kappa shape index (κ2) is 9.00. The van der Waals surface area contributed by atoms with Crippen LogP contribution in [0.5, 0.6) is 0 Å². The highest BCUT2D eigenvalue weighted by Crippen LogP contribution is 2.00. The van der Waals surface area contributed by atoms with Gasteiger partial charge in [-0.3, -0.25) is 4.79 Å². The fourth-order valence-corrected chi connectivity index (χ4v) is 1.26. The molecule has 0 heterocycles. The van der Waals surface area contributed by atoms with Gasteiger partial charge >= 0.3 is 12.0 Å². The molecule has 0 spiro atoms. The smallest absolute Gasteiger partial charge is 0.314 e. The maximum atomic E-state index is 11.2. The van der Waals surface area contributed by atoms with Crippen LogP contribution < -0.4 is 10.6 Å². The van der Waals surface area contributed by atoms with Gasteiger partial charge in [-0.05, 0) is 12.8 Å². The van der Waals surface area contributed by atoms with E-state index in [0.717, 1.165) is 19.3 Å². The summed E-state index contributed by atoms with van der Waals surface area (Å²) in [6.45, 7) is 4.72. The van der Waals surface area contributed by atoms with Crippen molar-refractivity contribution in [2.45, 2.75) is 39.5 Å². The Bertz CT molecular complexity index is 219. The Morgan fingerprint density at radius 2 is 1.88 bits per heavy atom. The van der Waals surface area contributed by atoms with Gasteiger partial charge in [0.15, 0.2) is 0 Å². The second-order valence-corrected chi connectivity index (χ2v) is 3.79. The predicted molar refractivity (Wildman–Crippen MR) is 62.3 cm³/mol. The number of amides is 2. The number of carbonyl (C=O) groups excluding carboxylic acids is 1. The van der Waals surface area contributed by atoms with Crippen LogP contribution >= 0.6 is 0 Å². The molecule has 0 aliphatic rings. The summed E-state index contributed by atoms with van der Waals surface area (Å²) in [5, 5.41) is 14.0. The van der Waals surface area contributed by atoms with E-state index in [1.165, 1.54) is 0 Å². The van der Waals surface area contributed by atoms with E-state index in [4.69, 9.17) is 5.11 Å². The topological polar surface area (TPSA) is 78.4 Å². The van der Waals surface area contributed by atoms with Crippen molar-refractivity contribution < 1.29 is 14.7 Å². The van der Waals surface area contributed by atoms with Gasteiger partial charge in [0.1, 0.15) is 0 Å². The maximum Gasteiger partial charge on any atom is 0.314 e. The van der Waals surface area contributed by atoms with Gasteiger partial charge in [-0.2, -0.15) is 0 Å². The molecular weight excluding hydrogens is 208 g/mol. The Morgan fingerprint density at radius 1 is 1.19 bits per heavy atom. The van der Waals surface area contributed by atoms with Crippen molar-refractivity contribution >= 4 is 12.0 Å². The standard InChI is InChI=1S/C11H22N2O3/c1-3-5-6-7-12-11(16)13-8-9(4-2)10(14)15/h9H,3-8H2,1-2H3,(H,14,15)(H2,12,13,16). The predicted octanol–water partition coefficient (Wildman–Crippen LogP) is 1.59. The van der Waals surface area contributed by atoms with Crippen molar-refractivity contribution in [2.24, 2.45) is 5.92 Å². The number of unbranched alkanes of at least 4 members (excludes halogenated alkanes) is 2. The van der Waals surface area contributed by atoms with Gasteiger partial charge in [0.2, 0.25) is 0 Å². The molecule has 3 N–H and O–H groups in total. The minimum absolute atomic E-state index is 0.186. The molecule has 0 aromatic rings. The highest BCUT2D eigenvalue weighted by molar-refractivity contribution is 5.75. The fraction of sp³-hybridized carbons (Fsp3) is 0.818. The molecule has 94 valence electrons. The molecule has 0 aliphatic heterocycles. The molecule has 0 aliphatic carbocycles. The maximum absolute atomic E-state index is 11.2. The van der Waals surface area contributed by atoms with E-state index in [0.29, 0.717) is 13.0 Å². The molecule has 2 amide bonds. The number of aliphatic carboxylic acids is 1. The molecular formula is C11H22N2O3. The lowest BCUT2D eigenvalue weighted by molar-refractivity contribution is -0.141. The lowest BCUT2D eigenvalue weighted by atomic mass is 10.1. The van der Waals surface area contributed by atoms with Gasteiger partial charge < -0.3 is 15.7 Å². The lowest BCUT2D eigenvalue weighted by Crippen LogP contribution is -2.40. The van der Waals surface area contributed by atoms with Crippen molar-refractivity contribution in [2.75, 3.05) is 13.1 Å². The Kier molecular flexibility index (Phi) is 8.29. The van der Waals surface area contributed by atoms with Crippen molar-refractivity contribution in [3.8, 4) is 0 Å². The summed E-state index contributed by atoms with van der Waals surface area (Å²) in [6, 6.07) is -0.282. The molecule has 0 saturated heterocycles. The number of hydrogen-bond acceptors (Lipinski definition) is 2. The van der Waals surface area contributed by atoms with E-state index in [-0.39, 0.29) is 12.6 Å². The number of carboxylic acid groups (broad SMARTS) is 1. The lowest BCUT2D eigenvalue weighted by Gasteiger charge is -2.11. The fourth-order valence-electron chi connectivity index (χ4n) is 1.26. The molecule has 16 heavy (non-hydrogen) atoms. The molecule has 0 saturated carbocycles. The van der Waals surface area contributed by atoms with Gasteiger partial charge in [-0.25, -0.2) is 4.79 Å². The van der Waals surface area contributed by atoms with Crippen LogP contribution in [-0.4, -0.2) is 30.2 Å². The first-order chi connectivity index (χ1) is 7.61. The first kappa shape index (κ1) is 14.7. The van der Waals surface area contributed by atoms with Crippen LogP contribution in [0.1, 0.15) is 39.5 Å². The zero-order valence-electron chi connectivity index (χ0n) is 10.1. The monoisotopic (exact) mass is 230 g/mol. The average Bonchev–Trinajstić information content (AvgIpc) is 2.25. The van der Waals surface area contributed by atoms with Crippen LogP contribution in [0.3, 0.4) is 0 Å². The van der Waals surface area contributed by atoms with Gasteiger partial charge in [-0.15, -0.1) is 0 Å². The van der Waals surface area contributed by atoms with Crippen molar-refractivity contribution in [3.63, 3.8) is 0 Å². The van der Waals surface area contributed by atoms with E-state index in [1.54, 1.807) is 6.92 Å². The number of carbonyl (C=O) groups is 2. The van der Waals surface area contributed by atoms with Crippen molar-refractivity contribution in [1.82, 2.24) is 10.6 Å². The third kappa shape index (κ3) is 7.09. The van der Waals surface area contributed by atoms with Crippen molar-refractivity contribution in [3.05, 3.63) is 0 Å². The number of carboxylic acids is 1. The van der Waals surface area contributed by atoms with Gasteiger partial charge in [0.05, 0.1) is 5.92 Å². The summed E-state index contributed by atoms with van der Waals surface area (Å²) in [5.41, 5.74) is 0. The van der Waals surface area contributed by atoms with E-state index in [9.17, 15) is 9.59 Å². The number of urea groups is 1. The Hall–Kier alpha value is -1.26. The van der Waals surface area contributed by atoms with Crippen LogP contribution in [0.4, 0.5) is 4.79 Å². The molecule has 5 nitrogen and oxygen atoms in total. The first-order valence-corrected chi connectivity index (χ1v) is 5.86. The van der Waals surface area contributed by atoms with E-state index in [2.05, 4.69) is 17.6 Å². The molecule has 0 radical (unpaired) electrons. The average molecular weight is 230 g/mol. The minimum Gasteiger partial charge on any atom is -0.481 e. The van der Waals surface area contributed by atoms with Crippen LogP contribution in [0.2, 0.25) is 0 Å². The molecule has 0 bridgehead atoms. The third-order valence-corrected chi connectivity index (χ3v) is 2.42. The summed E-state index contributed by atoms with van der Waals surface area (Å²) in [6.07, 6.45) is 3.68. The first-order valence-electron chi connectivity index (χ1n) is 5.86. The van der Waals surface area contributed by atoms with E-state index < -0.39 is 11.9 Å². The summed E-state index contributed by atoms with van der Waals surface area (Å²) in [5.74, 6) is -1.37.